The van der Waals surface area contributed by atoms with Gasteiger partial charge >= 0.3 is 0 Å². The van der Waals surface area contributed by atoms with Crippen molar-refractivity contribution in [2.24, 2.45) is 7.05 Å². The Labute approximate surface area is 134 Å². The highest BCUT2D eigenvalue weighted by Crippen LogP contribution is 2.31. The minimum Gasteiger partial charge on any atom is -0.387 e. The third-order valence-corrected chi connectivity index (χ3v) is 4.60. The molecule has 0 saturated heterocycles. The number of halogens is 2. The molecule has 1 aliphatic rings. The number of rotatable bonds is 4. The molecule has 124 valence electrons. The van der Waals surface area contributed by atoms with Gasteiger partial charge in [-0.1, -0.05) is 6.07 Å². The fourth-order valence-electron chi connectivity index (χ4n) is 3.27. The Morgan fingerprint density at radius 2 is 2.13 bits per heavy atom. The number of aliphatic hydroxyl groups excluding tert-OH is 1. The molecule has 1 aromatic heterocycles. The molecule has 6 heteroatoms. The highest BCUT2D eigenvalue weighted by Gasteiger charge is 2.27. The van der Waals surface area contributed by atoms with E-state index in [9.17, 15) is 13.9 Å². The largest absolute Gasteiger partial charge is 0.387 e. The number of aryl methyl sites for hydroxylation is 1. The highest BCUT2D eigenvalue weighted by molar-refractivity contribution is 5.26. The van der Waals surface area contributed by atoms with E-state index in [1.165, 1.54) is 11.8 Å². The lowest BCUT2D eigenvalue weighted by Crippen LogP contribution is -2.36. The molecule has 23 heavy (non-hydrogen) atoms. The van der Waals surface area contributed by atoms with Gasteiger partial charge in [-0.25, -0.2) is 8.78 Å². The monoisotopic (exact) mass is 321 g/mol. The van der Waals surface area contributed by atoms with Gasteiger partial charge in [-0.15, -0.1) is 0 Å². The molecule has 3 rings (SSSR count). The van der Waals surface area contributed by atoms with Gasteiger partial charge < -0.3 is 10.4 Å². The van der Waals surface area contributed by atoms with Crippen molar-refractivity contribution in [3.05, 3.63) is 52.9 Å². The standard InChI is InChI=1S/C17H21F2N3O/c1-10(17(23)11-6-7-13(18)14(19)8-11)21-15-4-3-5-16-12(15)9-20-22(16)2/h6-10,15,17,21,23H,3-5H2,1-2H3. The normalized spacial score (nSPS) is 20.1. The Balaban J connectivity index is 1.74. The van der Waals surface area contributed by atoms with Crippen molar-refractivity contribution in [3.63, 3.8) is 0 Å². The van der Waals surface area contributed by atoms with Crippen LogP contribution in [-0.2, 0) is 13.5 Å². The molecule has 3 unspecified atom stereocenters. The summed E-state index contributed by atoms with van der Waals surface area (Å²) in [5.41, 5.74) is 2.73. The summed E-state index contributed by atoms with van der Waals surface area (Å²) in [5, 5.41) is 18.1. The first kappa shape index (κ1) is 16.1. The van der Waals surface area contributed by atoms with Crippen LogP contribution in [0.5, 0.6) is 0 Å². The molecule has 2 aromatic rings. The van der Waals surface area contributed by atoms with Crippen molar-refractivity contribution in [1.29, 1.82) is 0 Å². The predicted octanol–water partition coefficient (Wildman–Crippen LogP) is 2.79. The molecule has 1 aromatic carbocycles. The predicted molar refractivity (Wildman–Crippen MR) is 82.8 cm³/mol. The van der Waals surface area contributed by atoms with Gasteiger partial charge in [-0.2, -0.15) is 5.10 Å². The van der Waals surface area contributed by atoms with E-state index in [-0.39, 0.29) is 12.1 Å². The van der Waals surface area contributed by atoms with E-state index in [2.05, 4.69) is 10.4 Å². The molecule has 3 atom stereocenters. The lowest BCUT2D eigenvalue weighted by atomic mass is 9.91. The fourth-order valence-corrected chi connectivity index (χ4v) is 3.27. The Bertz CT molecular complexity index is 701. The van der Waals surface area contributed by atoms with Crippen molar-refractivity contribution in [1.82, 2.24) is 15.1 Å². The van der Waals surface area contributed by atoms with E-state index in [0.29, 0.717) is 5.56 Å². The lowest BCUT2D eigenvalue weighted by molar-refractivity contribution is 0.127. The van der Waals surface area contributed by atoms with Crippen LogP contribution < -0.4 is 5.32 Å². The summed E-state index contributed by atoms with van der Waals surface area (Å²) in [6.07, 6.45) is 3.98. The molecule has 1 aliphatic carbocycles. The first-order chi connectivity index (χ1) is 11.0. The van der Waals surface area contributed by atoms with Gasteiger partial charge in [0.15, 0.2) is 11.6 Å². The highest BCUT2D eigenvalue weighted by atomic mass is 19.2. The second kappa shape index (κ2) is 6.37. The average Bonchev–Trinajstić information content (AvgIpc) is 2.92. The molecule has 1 heterocycles. The number of hydrogen-bond donors (Lipinski definition) is 2. The van der Waals surface area contributed by atoms with Crippen LogP contribution >= 0.6 is 0 Å². The van der Waals surface area contributed by atoms with Crippen molar-refractivity contribution >= 4 is 0 Å². The summed E-state index contributed by atoms with van der Waals surface area (Å²) in [6.45, 7) is 1.84. The van der Waals surface area contributed by atoms with Gasteiger partial charge in [-0.05, 0) is 43.9 Å². The van der Waals surface area contributed by atoms with Crippen molar-refractivity contribution in [3.8, 4) is 0 Å². The SMILES string of the molecule is CC(NC1CCCc2c1cnn2C)C(O)c1ccc(F)c(F)c1. The van der Waals surface area contributed by atoms with Crippen LogP contribution in [-0.4, -0.2) is 20.9 Å². The average molecular weight is 321 g/mol. The quantitative estimate of drug-likeness (QED) is 0.910. The van der Waals surface area contributed by atoms with Crippen molar-refractivity contribution in [2.45, 2.75) is 44.4 Å². The van der Waals surface area contributed by atoms with Crippen LogP contribution in [0.1, 0.15) is 48.7 Å². The lowest BCUT2D eigenvalue weighted by Gasteiger charge is -2.29. The van der Waals surface area contributed by atoms with Crippen LogP contribution in [0.15, 0.2) is 24.4 Å². The zero-order valence-electron chi connectivity index (χ0n) is 13.3. The Morgan fingerprint density at radius 3 is 2.87 bits per heavy atom. The molecule has 0 aliphatic heterocycles. The Hall–Kier alpha value is -1.79. The number of nitrogens with one attached hydrogen (secondary N) is 1. The van der Waals surface area contributed by atoms with E-state index < -0.39 is 17.7 Å². The topological polar surface area (TPSA) is 50.1 Å². The minimum atomic E-state index is -0.944. The maximum absolute atomic E-state index is 13.3. The summed E-state index contributed by atoms with van der Waals surface area (Å²) in [5.74, 6) is -1.85. The smallest absolute Gasteiger partial charge is 0.159 e. The van der Waals surface area contributed by atoms with E-state index in [1.807, 2.05) is 24.9 Å². The van der Waals surface area contributed by atoms with E-state index in [0.717, 1.165) is 37.0 Å². The summed E-state index contributed by atoms with van der Waals surface area (Å²) in [4.78, 5) is 0. The molecular weight excluding hydrogens is 300 g/mol. The molecule has 0 saturated carbocycles. The zero-order valence-corrected chi connectivity index (χ0v) is 13.3. The first-order valence-corrected chi connectivity index (χ1v) is 7.87. The van der Waals surface area contributed by atoms with Gasteiger partial charge in [0, 0.05) is 30.4 Å². The van der Waals surface area contributed by atoms with Crippen LogP contribution in [0.4, 0.5) is 8.78 Å². The van der Waals surface area contributed by atoms with Gasteiger partial charge in [-0.3, -0.25) is 4.68 Å². The molecular formula is C17H21F2N3O. The number of aromatic nitrogens is 2. The van der Waals surface area contributed by atoms with Crippen molar-refractivity contribution in [2.75, 3.05) is 0 Å². The van der Waals surface area contributed by atoms with E-state index in [4.69, 9.17) is 0 Å². The fraction of sp³-hybridized carbons (Fsp3) is 0.471. The maximum atomic E-state index is 13.3. The molecule has 0 amide bonds. The summed E-state index contributed by atoms with van der Waals surface area (Å²) < 4.78 is 28.3. The Morgan fingerprint density at radius 1 is 1.35 bits per heavy atom. The minimum absolute atomic E-state index is 0.113. The van der Waals surface area contributed by atoms with Gasteiger partial charge in [0.25, 0.3) is 0 Å². The van der Waals surface area contributed by atoms with Gasteiger partial charge in [0.1, 0.15) is 0 Å². The number of nitrogens with zero attached hydrogens (tertiary/aromatic N) is 2. The van der Waals surface area contributed by atoms with Crippen molar-refractivity contribution < 1.29 is 13.9 Å². The number of benzene rings is 1. The van der Waals surface area contributed by atoms with Crippen LogP contribution in [0.25, 0.3) is 0 Å². The zero-order chi connectivity index (χ0) is 16.6. The molecule has 0 spiro atoms. The van der Waals surface area contributed by atoms with Gasteiger partial charge in [0.2, 0.25) is 0 Å². The first-order valence-electron chi connectivity index (χ1n) is 7.87. The molecule has 2 N–H and O–H groups in total. The van der Waals surface area contributed by atoms with E-state index in [1.54, 1.807) is 0 Å². The second-order valence-corrected chi connectivity index (χ2v) is 6.19. The summed E-state index contributed by atoms with van der Waals surface area (Å²) >= 11 is 0. The second-order valence-electron chi connectivity index (χ2n) is 6.19. The maximum Gasteiger partial charge on any atom is 0.159 e. The van der Waals surface area contributed by atoms with E-state index >= 15 is 0 Å². The molecule has 0 radical (unpaired) electrons. The molecule has 4 nitrogen and oxygen atoms in total. The van der Waals surface area contributed by atoms with Crippen LogP contribution in [0, 0.1) is 11.6 Å². The van der Waals surface area contributed by atoms with Gasteiger partial charge in [0.05, 0.1) is 12.3 Å². The number of fused-ring (bicyclic) bond motifs is 1. The molecule has 0 fully saturated rings. The summed E-state index contributed by atoms with van der Waals surface area (Å²) in [6, 6.07) is 3.32. The summed E-state index contributed by atoms with van der Waals surface area (Å²) in [7, 11) is 1.93. The number of hydrogen-bond acceptors (Lipinski definition) is 3. The van der Waals surface area contributed by atoms with Crippen LogP contribution in [0.3, 0.4) is 0 Å². The Kier molecular flexibility index (Phi) is 4.46. The number of aliphatic hydroxyl groups is 1. The third kappa shape index (κ3) is 3.14. The molecule has 0 bridgehead atoms. The third-order valence-electron chi connectivity index (χ3n) is 4.60. The van der Waals surface area contributed by atoms with Crippen LogP contribution in [0.2, 0.25) is 0 Å².